The molecular formula is C25H16IN3. The summed E-state index contributed by atoms with van der Waals surface area (Å²) in [4.78, 5) is 13.6. The van der Waals surface area contributed by atoms with E-state index in [0.29, 0.717) is 0 Å². The number of pyridine rings is 3. The Morgan fingerprint density at radius 1 is 0.552 bits per heavy atom. The molecule has 0 N–H and O–H groups in total. The van der Waals surface area contributed by atoms with Crippen LogP contribution in [0, 0.1) is 3.57 Å². The van der Waals surface area contributed by atoms with Gasteiger partial charge in [-0.3, -0.25) is 15.0 Å². The first-order valence-electron chi connectivity index (χ1n) is 9.30. The summed E-state index contributed by atoms with van der Waals surface area (Å²) in [6.07, 6.45) is 5.58. The summed E-state index contributed by atoms with van der Waals surface area (Å²) in [7, 11) is 0. The first kappa shape index (κ1) is 17.9. The van der Waals surface area contributed by atoms with Gasteiger partial charge < -0.3 is 0 Å². The Labute approximate surface area is 182 Å². The highest BCUT2D eigenvalue weighted by molar-refractivity contribution is 14.1. The maximum Gasteiger partial charge on any atom is 0.0886 e. The van der Waals surface area contributed by atoms with Crippen molar-refractivity contribution in [2.24, 2.45) is 0 Å². The van der Waals surface area contributed by atoms with Crippen LogP contribution in [0.25, 0.3) is 44.5 Å². The number of halogens is 1. The number of hydrogen-bond donors (Lipinski definition) is 0. The first-order valence-corrected chi connectivity index (χ1v) is 10.4. The van der Waals surface area contributed by atoms with Crippen LogP contribution in [0.3, 0.4) is 0 Å². The van der Waals surface area contributed by atoms with E-state index in [1.54, 1.807) is 6.20 Å². The van der Waals surface area contributed by atoms with Crippen LogP contribution in [0.1, 0.15) is 0 Å². The fourth-order valence-corrected chi connectivity index (χ4v) is 3.69. The van der Waals surface area contributed by atoms with Crippen LogP contribution in [0.15, 0.2) is 97.5 Å². The van der Waals surface area contributed by atoms with Gasteiger partial charge in [0.05, 0.1) is 16.9 Å². The molecule has 0 atom stereocenters. The molecule has 138 valence electrons. The van der Waals surface area contributed by atoms with E-state index in [1.807, 2.05) is 36.7 Å². The number of nitrogens with zero attached hydrogens (tertiary/aromatic N) is 3. The van der Waals surface area contributed by atoms with Gasteiger partial charge in [-0.2, -0.15) is 0 Å². The average molecular weight is 485 g/mol. The molecule has 0 saturated heterocycles. The van der Waals surface area contributed by atoms with Crippen molar-refractivity contribution in [3.63, 3.8) is 0 Å². The fourth-order valence-electron chi connectivity index (χ4n) is 3.33. The molecule has 0 fully saturated rings. The molecule has 2 aromatic carbocycles. The molecule has 0 bridgehead atoms. The lowest BCUT2D eigenvalue weighted by molar-refractivity contribution is 1.25. The Balaban J connectivity index is 1.47. The van der Waals surface area contributed by atoms with Gasteiger partial charge >= 0.3 is 0 Å². The molecular weight excluding hydrogens is 469 g/mol. The lowest BCUT2D eigenvalue weighted by atomic mass is 10.0. The van der Waals surface area contributed by atoms with Gasteiger partial charge in [-0.15, -0.1) is 0 Å². The Kier molecular flexibility index (Phi) is 4.77. The largest absolute Gasteiger partial charge is 0.256 e. The van der Waals surface area contributed by atoms with Gasteiger partial charge in [0.25, 0.3) is 0 Å². The van der Waals surface area contributed by atoms with E-state index in [-0.39, 0.29) is 0 Å². The molecule has 0 radical (unpaired) electrons. The van der Waals surface area contributed by atoms with Crippen LogP contribution in [0.2, 0.25) is 0 Å². The lowest BCUT2D eigenvalue weighted by Gasteiger charge is -2.07. The minimum Gasteiger partial charge on any atom is -0.256 e. The van der Waals surface area contributed by atoms with Crippen LogP contribution in [0.5, 0.6) is 0 Å². The standard InChI is InChI=1S/C25H16IN3/c26-22-9-6-17(7-10-22)18-4-5-19-13-21(16-29-25(19)14-18)20-8-11-24(28-15-20)23-3-1-2-12-27-23/h1-16H. The van der Waals surface area contributed by atoms with Gasteiger partial charge in [0, 0.05) is 38.7 Å². The number of hydrogen-bond acceptors (Lipinski definition) is 3. The summed E-state index contributed by atoms with van der Waals surface area (Å²) in [5, 5.41) is 1.12. The molecule has 0 aliphatic rings. The summed E-state index contributed by atoms with van der Waals surface area (Å²) in [6, 6.07) is 27.0. The maximum absolute atomic E-state index is 4.70. The number of aromatic nitrogens is 3. The van der Waals surface area contributed by atoms with Crippen LogP contribution in [-0.4, -0.2) is 15.0 Å². The molecule has 5 aromatic rings. The summed E-state index contributed by atoms with van der Waals surface area (Å²) in [5.41, 5.74) is 7.20. The zero-order valence-corrected chi connectivity index (χ0v) is 17.6. The second kappa shape index (κ2) is 7.72. The number of fused-ring (bicyclic) bond motifs is 1. The van der Waals surface area contributed by atoms with Crippen LogP contribution in [0.4, 0.5) is 0 Å². The highest BCUT2D eigenvalue weighted by atomic mass is 127. The van der Waals surface area contributed by atoms with E-state index >= 15 is 0 Å². The zero-order chi connectivity index (χ0) is 19.6. The summed E-state index contributed by atoms with van der Waals surface area (Å²) in [5.74, 6) is 0. The normalized spacial score (nSPS) is 10.9. The summed E-state index contributed by atoms with van der Waals surface area (Å²) < 4.78 is 1.23. The topological polar surface area (TPSA) is 38.7 Å². The molecule has 3 aromatic heterocycles. The van der Waals surface area contributed by atoms with Crippen molar-refractivity contribution in [3.8, 4) is 33.6 Å². The molecule has 0 aliphatic carbocycles. The average Bonchev–Trinajstić information content (AvgIpc) is 2.80. The van der Waals surface area contributed by atoms with Crippen molar-refractivity contribution in [1.29, 1.82) is 0 Å². The van der Waals surface area contributed by atoms with E-state index in [0.717, 1.165) is 33.4 Å². The van der Waals surface area contributed by atoms with Gasteiger partial charge in [0.15, 0.2) is 0 Å². The SMILES string of the molecule is Ic1ccc(-c2ccc3cc(-c4ccc(-c5ccccn5)nc4)cnc3c2)cc1. The van der Waals surface area contributed by atoms with Gasteiger partial charge in [0.2, 0.25) is 0 Å². The van der Waals surface area contributed by atoms with Crippen molar-refractivity contribution in [2.75, 3.05) is 0 Å². The number of rotatable bonds is 3. The van der Waals surface area contributed by atoms with Gasteiger partial charge in [0.1, 0.15) is 0 Å². The lowest BCUT2D eigenvalue weighted by Crippen LogP contribution is -1.89. The second-order valence-electron chi connectivity index (χ2n) is 6.79. The van der Waals surface area contributed by atoms with E-state index < -0.39 is 0 Å². The van der Waals surface area contributed by atoms with Crippen molar-refractivity contribution < 1.29 is 0 Å². The molecule has 0 saturated carbocycles. The minimum absolute atomic E-state index is 0.866. The van der Waals surface area contributed by atoms with E-state index in [9.17, 15) is 0 Å². The van der Waals surface area contributed by atoms with Crippen LogP contribution >= 0.6 is 22.6 Å². The monoisotopic (exact) mass is 485 g/mol. The molecule has 3 heterocycles. The molecule has 5 rings (SSSR count). The molecule has 0 aliphatic heterocycles. The molecule has 3 nitrogen and oxygen atoms in total. The van der Waals surface area contributed by atoms with Gasteiger partial charge in [-0.05, 0) is 76.2 Å². The predicted octanol–water partition coefficient (Wildman–Crippen LogP) is 6.63. The minimum atomic E-state index is 0.866. The van der Waals surface area contributed by atoms with Crippen molar-refractivity contribution >= 4 is 33.5 Å². The van der Waals surface area contributed by atoms with Crippen molar-refractivity contribution in [1.82, 2.24) is 15.0 Å². The fraction of sp³-hybridized carbons (Fsp3) is 0. The van der Waals surface area contributed by atoms with E-state index in [2.05, 4.69) is 87.2 Å². The zero-order valence-electron chi connectivity index (χ0n) is 15.5. The molecule has 0 unspecified atom stereocenters. The van der Waals surface area contributed by atoms with Gasteiger partial charge in [-0.25, -0.2) is 0 Å². The quantitative estimate of drug-likeness (QED) is 0.269. The van der Waals surface area contributed by atoms with Crippen molar-refractivity contribution in [3.05, 3.63) is 101 Å². The number of benzene rings is 2. The Bertz CT molecular complexity index is 1280. The Morgan fingerprint density at radius 3 is 2.07 bits per heavy atom. The molecule has 4 heteroatoms. The third-order valence-electron chi connectivity index (χ3n) is 4.89. The summed E-state index contributed by atoms with van der Waals surface area (Å²) >= 11 is 2.32. The van der Waals surface area contributed by atoms with E-state index in [1.165, 1.54) is 14.7 Å². The molecule has 29 heavy (non-hydrogen) atoms. The van der Waals surface area contributed by atoms with Crippen LogP contribution in [-0.2, 0) is 0 Å². The van der Waals surface area contributed by atoms with Gasteiger partial charge in [-0.1, -0.05) is 36.4 Å². The highest BCUT2D eigenvalue weighted by Crippen LogP contribution is 2.28. The Hall–Kier alpha value is -3.12. The smallest absolute Gasteiger partial charge is 0.0886 e. The highest BCUT2D eigenvalue weighted by Gasteiger charge is 2.06. The molecule has 0 amide bonds. The van der Waals surface area contributed by atoms with E-state index in [4.69, 9.17) is 4.98 Å². The predicted molar refractivity (Wildman–Crippen MR) is 126 cm³/mol. The van der Waals surface area contributed by atoms with Crippen molar-refractivity contribution in [2.45, 2.75) is 0 Å². The third kappa shape index (κ3) is 3.76. The van der Waals surface area contributed by atoms with Crippen LogP contribution < -0.4 is 0 Å². The molecule has 0 spiro atoms. The third-order valence-corrected chi connectivity index (χ3v) is 5.61. The summed E-state index contributed by atoms with van der Waals surface area (Å²) in [6.45, 7) is 0. The Morgan fingerprint density at radius 2 is 1.31 bits per heavy atom. The second-order valence-corrected chi connectivity index (χ2v) is 8.03. The maximum atomic E-state index is 4.70. The first-order chi connectivity index (χ1) is 14.3.